The molecule has 3 atom stereocenters. The molecule has 0 spiro atoms. The van der Waals surface area contributed by atoms with Crippen LogP contribution < -0.4 is 5.32 Å². The maximum Gasteiger partial charge on any atom is 0.396 e. The summed E-state index contributed by atoms with van der Waals surface area (Å²) in [4.78, 5) is 30.4. The van der Waals surface area contributed by atoms with E-state index in [9.17, 15) is 22.8 Å². The van der Waals surface area contributed by atoms with Gasteiger partial charge in [0, 0.05) is 19.2 Å². The fraction of sp³-hybridized carbons (Fsp3) is 0.429. The van der Waals surface area contributed by atoms with Crippen molar-refractivity contribution in [3.05, 3.63) is 48.1 Å². The second kappa shape index (κ2) is 8.73. The van der Waals surface area contributed by atoms with Crippen LogP contribution in [0, 0.1) is 5.92 Å². The van der Waals surface area contributed by atoms with Crippen LogP contribution in [0.5, 0.6) is 0 Å². The highest BCUT2D eigenvalue weighted by atomic mass is 19.4. The molecule has 11 heteroatoms. The van der Waals surface area contributed by atoms with E-state index in [4.69, 9.17) is 5.11 Å². The Hall–Kier alpha value is -3.21. The lowest BCUT2D eigenvalue weighted by Gasteiger charge is -2.31. The van der Waals surface area contributed by atoms with E-state index >= 15 is 0 Å². The van der Waals surface area contributed by atoms with Gasteiger partial charge >= 0.3 is 6.18 Å². The lowest BCUT2D eigenvalue weighted by atomic mass is 9.87. The summed E-state index contributed by atoms with van der Waals surface area (Å²) in [5, 5.41) is 17.6. The zero-order valence-corrected chi connectivity index (χ0v) is 17.0. The van der Waals surface area contributed by atoms with E-state index in [-0.39, 0.29) is 49.9 Å². The van der Waals surface area contributed by atoms with Gasteiger partial charge in [-0.25, -0.2) is 5.01 Å². The molecular weight excluding hydrogens is 427 g/mol. The molecule has 0 radical (unpaired) electrons. The van der Waals surface area contributed by atoms with Crippen molar-refractivity contribution >= 4 is 23.4 Å². The smallest absolute Gasteiger partial charge is 0.395 e. The van der Waals surface area contributed by atoms with Crippen LogP contribution in [0.25, 0.3) is 0 Å². The molecule has 8 nitrogen and oxygen atoms in total. The van der Waals surface area contributed by atoms with Gasteiger partial charge in [0.05, 0.1) is 30.8 Å². The first-order chi connectivity index (χ1) is 15.3. The molecule has 0 saturated carbocycles. The van der Waals surface area contributed by atoms with E-state index in [0.29, 0.717) is 5.84 Å². The van der Waals surface area contributed by atoms with Crippen LogP contribution in [0.4, 0.5) is 13.2 Å². The first kappa shape index (κ1) is 22.0. The van der Waals surface area contributed by atoms with Crippen molar-refractivity contribution < 1.29 is 27.9 Å². The summed E-state index contributed by atoms with van der Waals surface area (Å²) in [7, 11) is 0. The van der Waals surface area contributed by atoms with Crippen molar-refractivity contribution in [2.24, 2.45) is 16.0 Å². The number of alkyl halides is 3. The third kappa shape index (κ3) is 4.38. The number of amides is 2. The molecule has 3 unspecified atom stereocenters. The maximum atomic E-state index is 13.5. The Bertz CT molecular complexity index is 980. The summed E-state index contributed by atoms with van der Waals surface area (Å²) in [6.07, 6.45) is 5.82. The topological polar surface area (TPSA) is 97.6 Å². The third-order valence-corrected chi connectivity index (χ3v) is 5.61. The van der Waals surface area contributed by atoms with E-state index in [2.05, 4.69) is 15.4 Å². The molecule has 0 aromatic carbocycles. The number of nitrogens with one attached hydrogen (secondary N) is 1. The summed E-state index contributed by atoms with van der Waals surface area (Å²) in [6, 6.07) is -1.27. The van der Waals surface area contributed by atoms with Crippen LogP contribution in [-0.4, -0.2) is 82.9 Å². The number of β-amino-alcohol motifs (C(OH)–C–C–N with tert-alkyl or cyclic N) is 1. The standard InChI is InChI=1S/C21H22F3N5O3/c22-21(23,24)15-4-2-1-3-14(15)16-6-7-18-25-11-17(29(18)27-16)20(32)26-13-5-8-19(31)28(12-13)9-10-30/h1-3,5-8,13,15,17,30H,4,9-12H2,(H,26,32). The number of aliphatic imine (C=N–C) groups is 1. The molecule has 2 N–H and O–H groups in total. The lowest BCUT2D eigenvalue weighted by Crippen LogP contribution is -2.53. The highest BCUT2D eigenvalue weighted by Crippen LogP contribution is 2.38. The van der Waals surface area contributed by atoms with Crippen molar-refractivity contribution in [1.29, 1.82) is 0 Å². The molecule has 3 aliphatic heterocycles. The molecule has 0 bridgehead atoms. The second-order valence-corrected chi connectivity index (χ2v) is 7.74. The number of aliphatic hydroxyl groups excluding tert-OH is 1. The Labute approximate surface area is 182 Å². The summed E-state index contributed by atoms with van der Waals surface area (Å²) in [6.45, 7) is 0.283. The zero-order valence-electron chi connectivity index (χ0n) is 17.0. The van der Waals surface area contributed by atoms with Gasteiger partial charge in [-0.15, -0.1) is 0 Å². The van der Waals surface area contributed by atoms with Crippen molar-refractivity contribution in [2.45, 2.75) is 24.7 Å². The van der Waals surface area contributed by atoms with Crippen molar-refractivity contribution in [1.82, 2.24) is 15.2 Å². The molecule has 2 amide bonds. The first-order valence-electron chi connectivity index (χ1n) is 10.2. The minimum absolute atomic E-state index is 0.0507. The summed E-state index contributed by atoms with van der Waals surface area (Å²) >= 11 is 0. The fourth-order valence-electron chi connectivity index (χ4n) is 3.98. The summed E-state index contributed by atoms with van der Waals surface area (Å²) < 4.78 is 40.5. The second-order valence-electron chi connectivity index (χ2n) is 7.74. The number of amidine groups is 1. The van der Waals surface area contributed by atoms with Crippen molar-refractivity contribution in [3.63, 3.8) is 0 Å². The largest absolute Gasteiger partial charge is 0.396 e. The van der Waals surface area contributed by atoms with Gasteiger partial charge in [0.1, 0.15) is 5.84 Å². The monoisotopic (exact) mass is 449 g/mol. The van der Waals surface area contributed by atoms with Crippen LogP contribution in [0.3, 0.4) is 0 Å². The predicted octanol–water partition coefficient (Wildman–Crippen LogP) is 0.935. The van der Waals surface area contributed by atoms with Crippen LogP contribution in [0.2, 0.25) is 0 Å². The molecule has 0 saturated heterocycles. The number of hydrogen-bond acceptors (Lipinski definition) is 6. The number of rotatable bonds is 5. The van der Waals surface area contributed by atoms with Gasteiger partial charge in [-0.05, 0) is 24.1 Å². The first-order valence-corrected chi connectivity index (χ1v) is 10.2. The Balaban J connectivity index is 1.49. The minimum atomic E-state index is -4.41. The zero-order chi connectivity index (χ0) is 22.9. The van der Waals surface area contributed by atoms with Gasteiger partial charge in [-0.3, -0.25) is 14.6 Å². The number of carbonyl (C=O) groups is 2. The van der Waals surface area contributed by atoms with Gasteiger partial charge < -0.3 is 15.3 Å². The van der Waals surface area contributed by atoms with E-state index < -0.39 is 30.1 Å². The molecule has 0 aromatic rings. The SMILES string of the molecule is O=C(NC1C=CC(=O)N(CCO)C1)C1CN=C2C=CC(C3=CC=CCC3C(F)(F)F)=NN21. The number of hydrogen-bond donors (Lipinski definition) is 2. The summed E-state index contributed by atoms with van der Waals surface area (Å²) in [5.41, 5.74) is 0.197. The predicted molar refractivity (Wildman–Crippen MR) is 111 cm³/mol. The van der Waals surface area contributed by atoms with E-state index in [1.54, 1.807) is 18.2 Å². The molecule has 0 fully saturated rings. The number of fused-ring (bicyclic) bond motifs is 1. The van der Waals surface area contributed by atoms with Crippen LogP contribution in [0.1, 0.15) is 6.42 Å². The highest BCUT2D eigenvalue weighted by Gasteiger charge is 2.44. The van der Waals surface area contributed by atoms with Gasteiger partial charge in [-0.1, -0.05) is 24.3 Å². The van der Waals surface area contributed by atoms with E-state index in [1.165, 1.54) is 34.2 Å². The Morgan fingerprint density at radius 1 is 1.28 bits per heavy atom. The van der Waals surface area contributed by atoms with Gasteiger partial charge in [0.15, 0.2) is 6.04 Å². The number of aliphatic hydroxyl groups is 1. The lowest BCUT2D eigenvalue weighted by molar-refractivity contribution is -0.162. The average Bonchev–Trinajstić information content (AvgIpc) is 3.19. The average molecular weight is 449 g/mol. The van der Waals surface area contributed by atoms with Crippen LogP contribution in [-0.2, 0) is 9.59 Å². The maximum absolute atomic E-state index is 13.5. The molecule has 3 heterocycles. The molecule has 4 rings (SSSR count). The molecule has 170 valence electrons. The fourth-order valence-corrected chi connectivity index (χ4v) is 3.98. The highest BCUT2D eigenvalue weighted by molar-refractivity contribution is 6.15. The van der Waals surface area contributed by atoms with Gasteiger partial charge in [0.2, 0.25) is 11.8 Å². The van der Waals surface area contributed by atoms with E-state index in [1.807, 2.05) is 0 Å². The number of hydrazone groups is 1. The number of nitrogens with zero attached hydrogens (tertiary/aromatic N) is 4. The van der Waals surface area contributed by atoms with Gasteiger partial charge in [-0.2, -0.15) is 18.3 Å². The van der Waals surface area contributed by atoms with Crippen LogP contribution >= 0.6 is 0 Å². The van der Waals surface area contributed by atoms with Crippen molar-refractivity contribution in [2.75, 3.05) is 26.2 Å². The minimum Gasteiger partial charge on any atom is -0.395 e. The normalized spacial score (nSPS) is 27.2. The molecule has 0 aromatic heterocycles. The number of halogens is 3. The quantitative estimate of drug-likeness (QED) is 0.653. The molecule has 1 aliphatic carbocycles. The molecule has 4 aliphatic rings. The Morgan fingerprint density at radius 2 is 2.09 bits per heavy atom. The van der Waals surface area contributed by atoms with Gasteiger partial charge in [0.25, 0.3) is 0 Å². The Kier molecular flexibility index (Phi) is 6.00. The van der Waals surface area contributed by atoms with Crippen molar-refractivity contribution in [3.8, 4) is 0 Å². The van der Waals surface area contributed by atoms with Crippen LogP contribution in [0.15, 0.2) is 58.2 Å². The third-order valence-electron chi connectivity index (χ3n) is 5.61. The van der Waals surface area contributed by atoms with E-state index in [0.717, 1.165) is 0 Å². The summed E-state index contributed by atoms with van der Waals surface area (Å²) in [5.74, 6) is -1.91. The molecular formula is C21H22F3N5O3. The number of allylic oxidation sites excluding steroid dienone is 5. The number of carbonyl (C=O) groups excluding carboxylic acids is 2. The molecule has 32 heavy (non-hydrogen) atoms. The Morgan fingerprint density at radius 3 is 2.84 bits per heavy atom.